The van der Waals surface area contributed by atoms with E-state index in [9.17, 15) is 4.79 Å². The molecular weight excluding hydrogens is 360 g/mol. The molecule has 1 aromatic heterocycles. The lowest BCUT2D eigenvalue weighted by atomic mass is 10.2. The molecule has 0 aliphatic carbocycles. The second-order valence-corrected chi connectivity index (χ2v) is 7.23. The first-order valence-corrected chi connectivity index (χ1v) is 9.99. The number of rotatable bonds is 7. The third-order valence-corrected chi connectivity index (χ3v) is 5.41. The molecule has 4 rings (SSSR count). The number of nitrogens with zero attached hydrogens (tertiary/aromatic N) is 3. The van der Waals surface area contributed by atoms with Gasteiger partial charge < -0.3 is 19.5 Å². The van der Waals surface area contributed by atoms with Gasteiger partial charge in [0.1, 0.15) is 11.3 Å². The topological polar surface area (TPSA) is 77.8 Å². The summed E-state index contributed by atoms with van der Waals surface area (Å²) < 4.78 is 18.5. The summed E-state index contributed by atoms with van der Waals surface area (Å²) in [5.74, 6) is 0.559. The fourth-order valence-corrected chi connectivity index (χ4v) is 3.85. The van der Waals surface area contributed by atoms with Gasteiger partial charge in [0, 0.05) is 38.2 Å². The van der Waals surface area contributed by atoms with Gasteiger partial charge in [-0.05, 0) is 18.9 Å². The van der Waals surface area contributed by atoms with E-state index in [2.05, 4.69) is 15.3 Å². The molecule has 152 valence electrons. The largest absolute Gasteiger partial charge is 0.494 e. The van der Waals surface area contributed by atoms with Crippen LogP contribution in [-0.4, -0.2) is 79.8 Å². The normalized spacial score (nSPS) is 20.5. The average molecular weight is 388 g/mol. The number of nitrogens with one attached hydrogen (secondary N) is 1. The summed E-state index contributed by atoms with van der Waals surface area (Å²) in [7, 11) is 1.64. The van der Waals surface area contributed by atoms with Crippen molar-refractivity contribution in [1.29, 1.82) is 0 Å². The molecule has 2 saturated heterocycles. The lowest BCUT2D eigenvalue weighted by molar-refractivity contribution is 0.0361. The van der Waals surface area contributed by atoms with Crippen LogP contribution in [0.4, 0.5) is 0 Å². The van der Waals surface area contributed by atoms with Crippen molar-refractivity contribution < 1.29 is 19.0 Å². The maximum Gasteiger partial charge on any atom is 0.272 e. The fourth-order valence-electron chi connectivity index (χ4n) is 3.85. The molecule has 1 atom stereocenters. The third-order valence-electron chi connectivity index (χ3n) is 5.41. The Balaban J connectivity index is 1.54. The number of morpholine rings is 1. The predicted octanol–water partition coefficient (Wildman–Crippen LogP) is 1.29. The molecule has 0 bridgehead atoms. The second-order valence-electron chi connectivity index (χ2n) is 7.23. The first kappa shape index (κ1) is 19.2. The van der Waals surface area contributed by atoms with Crippen LogP contribution in [0.2, 0.25) is 0 Å². The minimum absolute atomic E-state index is 0.105. The molecule has 2 aliphatic heterocycles. The van der Waals surface area contributed by atoms with Crippen molar-refractivity contribution in [1.82, 2.24) is 20.0 Å². The maximum atomic E-state index is 12.8. The summed E-state index contributed by atoms with van der Waals surface area (Å²) in [6, 6.07) is 5.73. The van der Waals surface area contributed by atoms with Crippen molar-refractivity contribution >= 4 is 16.8 Å². The highest BCUT2D eigenvalue weighted by molar-refractivity contribution is 6.06. The Labute approximate surface area is 164 Å². The number of aromatic nitrogens is 2. The molecule has 1 amide bonds. The Hall–Kier alpha value is -2.16. The van der Waals surface area contributed by atoms with Crippen LogP contribution in [0.25, 0.3) is 10.9 Å². The lowest BCUT2D eigenvalue weighted by Crippen LogP contribution is -2.38. The molecule has 28 heavy (non-hydrogen) atoms. The van der Waals surface area contributed by atoms with Gasteiger partial charge in [-0.1, -0.05) is 12.1 Å². The SMILES string of the molecule is COc1cccc2c(C(=O)NC[C@H]3CCCO3)nn(CCN3CCOCC3)c12. The van der Waals surface area contributed by atoms with Crippen molar-refractivity contribution in [2.45, 2.75) is 25.5 Å². The van der Waals surface area contributed by atoms with E-state index < -0.39 is 0 Å². The molecule has 1 aromatic carbocycles. The number of methoxy groups -OCH3 is 1. The predicted molar refractivity (Wildman–Crippen MR) is 105 cm³/mol. The molecule has 2 aromatic rings. The van der Waals surface area contributed by atoms with Crippen LogP contribution in [0.3, 0.4) is 0 Å². The van der Waals surface area contributed by atoms with Crippen LogP contribution in [0.15, 0.2) is 18.2 Å². The van der Waals surface area contributed by atoms with Gasteiger partial charge in [-0.25, -0.2) is 0 Å². The number of hydrogen-bond acceptors (Lipinski definition) is 6. The number of ether oxygens (including phenoxy) is 3. The van der Waals surface area contributed by atoms with E-state index in [1.807, 2.05) is 22.9 Å². The summed E-state index contributed by atoms with van der Waals surface area (Å²) in [5, 5.41) is 8.45. The first-order chi connectivity index (χ1) is 13.8. The minimum Gasteiger partial charge on any atom is -0.494 e. The van der Waals surface area contributed by atoms with Crippen molar-refractivity contribution in [3.05, 3.63) is 23.9 Å². The Morgan fingerprint density at radius 3 is 2.89 bits per heavy atom. The molecule has 3 heterocycles. The minimum atomic E-state index is -0.168. The molecule has 0 saturated carbocycles. The molecule has 2 fully saturated rings. The van der Waals surface area contributed by atoms with Gasteiger partial charge in [-0.3, -0.25) is 14.4 Å². The summed E-state index contributed by atoms with van der Waals surface area (Å²) >= 11 is 0. The van der Waals surface area contributed by atoms with Gasteiger partial charge in [-0.15, -0.1) is 0 Å². The number of hydrogen-bond donors (Lipinski definition) is 1. The van der Waals surface area contributed by atoms with E-state index >= 15 is 0 Å². The zero-order chi connectivity index (χ0) is 19.3. The monoisotopic (exact) mass is 388 g/mol. The number of amides is 1. The highest BCUT2D eigenvalue weighted by Crippen LogP contribution is 2.28. The number of para-hydroxylation sites is 1. The molecule has 0 spiro atoms. The Morgan fingerprint density at radius 2 is 2.14 bits per heavy atom. The summed E-state index contributed by atoms with van der Waals surface area (Å²) in [5.41, 5.74) is 1.30. The molecule has 0 unspecified atom stereocenters. The van der Waals surface area contributed by atoms with Crippen molar-refractivity contribution in [2.24, 2.45) is 0 Å². The van der Waals surface area contributed by atoms with E-state index in [0.717, 1.165) is 68.9 Å². The molecule has 2 aliphatic rings. The summed E-state index contributed by atoms with van der Waals surface area (Å²) in [6.45, 7) is 6.21. The number of carbonyl (C=O) groups is 1. The number of carbonyl (C=O) groups excluding carboxylic acids is 1. The first-order valence-electron chi connectivity index (χ1n) is 9.99. The molecule has 8 nitrogen and oxygen atoms in total. The van der Waals surface area contributed by atoms with Gasteiger partial charge in [0.2, 0.25) is 0 Å². The number of benzene rings is 1. The second kappa shape index (κ2) is 8.89. The third kappa shape index (κ3) is 4.14. The van der Waals surface area contributed by atoms with Crippen molar-refractivity contribution in [2.75, 3.05) is 53.1 Å². The standard InChI is InChI=1S/C20H28N4O4/c1-26-17-6-2-5-16-18(20(25)21-14-15-4-3-11-28-15)22-24(19(16)17)8-7-23-9-12-27-13-10-23/h2,5-6,15H,3-4,7-14H2,1H3,(H,21,25)/t15-/m1/s1. The van der Waals surface area contributed by atoms with E-state index in [1.165, 1.54) is 0 Å². The van der Waals surface area contributed by atoms with E-state index in [1.54, 1.807) is 7.11 Å². The zero-order valence-electron chi connectivity index (χ0n) is 16.4. The van der Waals surface area contributed by atoms with Gasteiger partial charge in [0.15, 0.2) is 5.69 Å². The smallest absolute Gasteiger partial charge is 0.272 e. The Bertz CT molecular complexity index is 810. The van der Waals surface area contributed by atoms with Gasteiger partial charge in [-0.2, -0.15) is 5.10 Å². The molecule has 0 radical (unpaired) electrons. The molecular formula is C20H28N4O4. The quantitative estimate of drug-likeness (QED) is 0.770. The van der Waals surface area contributed by atoms with Gasteiger partial charge >= 0.3 is 0 Å². The highest BCUT2D eigenvalue weighted by atomic mass is 16.5. The van der Waals surface area contributed by atoms with E-state index in [4.69, 9.17) is 14.2 Å². The van der Waals surface area contributed by atoms with Crippen LogP contribution in [0.5, 0.6) is 5.75 Å². The Kier molecular flexibility index (Phi) is 6.09. The van der Waals surface area contributed by atoms with Gasteiger partial charge in [0.25, 0.3) is 5.91 Å². The van der Waals surface area contributed by atoms with Gasteiger partial charge in [0.05, 0.1) is 33.0 Å². The van der Waals surface area contributed by atoms with Crippen LogP contribution in [0, 0.1) is 0 Å². The summed E-state index contributed by atoms with van der Waals surface area (Å²) in [4.78, 5) is 15.2. The average Bonchev–Trinajstić information content (AvgIpc) is 3.39. The van der Waals surface area contributed by atoms with Crippen LogP contribution < -0.4 is 10.1 Å². The van der Waals surface area contributed by atoms with Crippen molar-refractivity contribution in [3.8, 4) is 5.75 Å². The van der Waals surface area contributed by atoms with Crippen LogP contribution in [-0.2, 0) is 16.0 Å². The maximum absolute atomic E-state index is 12.8. The lowest BCUT2D eigenvalue weighted by Gasteiger charge is -2.26. The van der Waals surface area contributed by atoms with E-state index in [0.29, 0.717) is 18.8 Å². The van der Waals surface area contributed by atoms with E-state index in [-0.39, 0.29) is 12.0 Å². The van der Waals surface area contributed by atoms with Crippen LogP contribution >= 0.6 is 0 Å². The summed E-state index contributed by atoms with van der Waals surface area (Å²) in [6.07, 6.45) is 2.15. The molecule has 8 heteroatoms. The fraction of sp³-hybridized carbons (Fsp3) is 0.600. The van der Waals surface area contributed by atoms with Crippen molar-refractivity contribution in [3.63, 3.8) is 0 Å². The Morgan fingerprint density at radius 1 is 1.29 bits per heavy atom. The number of fused-ring (bicyclic) bond motifs is 1. The highest BCUT2D eigenvalue weighted by Gasteiger charge is 2.22. The van der Waals surface area contributed by atoms with Crippen LogP contribution in [0.1, 0.15) is 23.3 Å². The zero-order valence-corrected chi connectivity index (χ0v) is 16.4. The molecule has 1 N–H and O–H groups in total.